The number of hydrogen-bond acceptors (Lipinski definition) is 2. The molecule has 0 aromatic heterocycles. The van der Waals surface area contributed by atoms with Crippen LogP contribution in [0.3, 0.4) is 0 Å². The van der Waals surface area contributed by atoms with Crippen molar-refractivity contribution in [3.8, 4) is 0 Å². The number of rotatable bonds is 2. The van der Waals surface area contributed by atoms with Crippen molar-refractivity contribution in [3.05, 3.63) is 33.8 Å². The predicted molar refractivity (Wildman–Crippen MR) is 83.3 cm³/mol. The largest absolute Gasteiger partial charge is 0.393 e. The molecule has 0 amide bonds. The van der Waals surface area contributed by atoms with E-state index in [1.807, 2.05) is 12.1 Å². The maximum atomic E-state index is 10.3. The van der Waals surface area contributed by atoms with E-state index < -0.39 is 0 Å². The van der Waals surface area contributed by atoms with E-state index in [-0.39, 0.29) is 11.5 Å². The lowest BCUT2D eigenvalue weighted by molar-refractivity contribution is -0.0120. The van der Waals surface area contributed by atoms with Crippen LogP contribution in [-0.4, -0.2) is 29.2 Å². The first-order chi connectivity index (χ1) is 9.57. The molecule has 0 radical (unpaired) electrons. The van der Waals surface area contributed by atoms with E-state index in [2.05, 4.69) is 4.90 Å². The quantitative estimate of drug-likeness (QED) is 0.887. The maximum Gasteiger partial charge on any atom is 0.0608 e. The summed E-state index contributed by atoms with van der Waals surface area (Å²) in [6, 6.07) is 5.74. The molecule has 1 aromatic carbocycles. The molecule has 3 rings (SSSR count). The van der Waals surface area contributed by atoms with Gasteiger partial charge < -0.3 is 5.11 Å². The van der Waals surface area contributed by atoms with Crippen LogP contribution in [0, 0.1) is 5.41 Å². The monoisotopic (exact) mass is 313 g/mol. The van der Waals surface area contributed by atoms with Gasteiger partial charge in [0.15, 0.2) is 0 Å². The molecule has 1 aliphatic heterocycles. The standard InChI is InChI=1S/C16H21Cl2NO/c17-13-7-12(8-14(18)9-13)10-19-6-2-5-16(11-19)4-1-3-15(16)20/h7-9,15,20H,1-6,10-11H2/t15-,16-/m1/s1. The highest BCUT2D eigenvalue weighted by atomic mass is 35.5. The fourth-order valence-corrected chi connectivity index (χ4v) is 4.52. The molecule has 0 bridgehead atoms. The Balaban J connectivity index is 1.71. The van der Waals surface area contributed by atoms with Crippen LogP contribution in [0.15, 0.2) is 18.2 Å². The predicted octanol–water partition coefficient (Wildman–Crippen LogP) is 4.12. The topological polar surface area (TPSA) is 23.5 Å². The maximum absolute atomic E-state index is 10.3. The second kappa shape index (κ2) is 5.84. The van der Waals surface area contributed by atoms with Crippen LogP contribution in [0.5, 0.6) is 0 Å². The van der Waals surface area contributed by atoms with E-state index in [0.717, 1.165) is 38.0 Å². The Bertz CT molecular complexity index is 473. The molecule has 1 aliphatic carbocycles. The molecule has 2 nitrogen and oxygen atoms in total. The zero-order valence-corrected chi connectivity index (χ0v) is 13.1. The summed E-state index contributed by atoms with van der Waals surface area (Å²) in [5, 5.41) is 11.7. The van der Waals surface area contributed by atoms with Crippen LogP contribution in [0.25, 0.3) is 0 Å². The van der Waals surface area contributed by atoms with Crippen molar-refractivity contribution in [2.24, 2.45) is 5.41 Å². The Morgan fingerprint density at radius 3 is 2.50 bits per heavy atom. The van der Waals surface area contributed by atoms with Gasteiger partial charge in [-0.3, -0.25) is 4.90 Å². The Morgan fingerprint density at radius 2 is 1.85 bits per heavy atom. The minimum absolute atomic E-state index is 0.117. The van der Waals surface area contributed by atoms with Gasteiger partial charge in [-0.1, -0.05) is 29.6 Å². The first-order valence-corrected chi connectivity index (χ1v) is 8.18. The van der Waals surface area contributed by atoms with Gasteiger partial charge >= 0.3 is 0 Å². The SMILES string of the molecule is O[C@@H]1CCC[C@]12CCCN(Cc1cc(Cl)cc(Cl)c1)C2. The molecule has 1 saturated carbocycles. The van der Waals surface area contributed by atoms with Crippen molar-refractivity contribution in [3.63, 3.8) is 0 Å². The van der Waals surface area contributed by atoms with E-state index in [9.17, 15) is 5.11 Å². The normalized spacial score (nSPS) is 31.1. The van der Waals surface area contributed by atoms with Crippen molar-refractivity contribution in [2.75, 3.05) is 13.1 Å². The lowest BCUT2D eigenvalue weighted by Crippen LogP contribution is -2.46. The van der Waals surface area contributed by atoms with Crippen molar-refractivity contribution < 1.29 is 5.11 Å². The Labute approximate surface area is 130 Å². The van der Waals surface area contributed by atoms with Crippen LogP contribution in [0.4, 0.5) is 0 Å². The molecule has 1 heterocycles. The molecule has 1 N–H and O–H groups in total. The molecule has 1 aromatic rings. The Morgan fingerprint density at radius 1 is 1.15 bits per heavy atom. The minimum Gasteiger partial charge on any atom is -0.393 e. The smallest absolute Gasteiger partial charge is 0.0608 e. The van der Waals surface area contributed by atoms with E-state index in [4.69, 9.17) is 23.2 Å². The molecule has 20 heavy (non-hydrogen) atoms. The average Bonchev–Trinajstić information content (AvgIpc) is 2.69. The first kappa shape index (κ1) is 14.6. The first-order valence-electron chi connectivity index (χ1n) is 7.43. The van der Waals surface area contributed by atoms with Crippen LogP contribution in [0.2, 0.25) is 10.0 Å². The molecule has 110 valence electrons. The highest BCUT2D eigenvalue weighted by Crippen LogP contribution is 2.45. The molecule has 1 spiro atoms. The van der Waals surface area contributed by atoms with Crippen molar-refractivity contribution in [1.29, 1.82) is 0 Å². The summed E-state index contributed by atoms with van der Waals surface area (Å²) >= 11 is 12.1. The number of nitrogens with zero attached hydrogens (tertiary/aromatic N) is 1. The number of halogens is 2. The summed E-state index contributed by atoms with van der Waals surface area (Å²) in [6.07, 6.45) is 5.52. The van der Waals surface area contributed by atoms with Crippen LogP contribution < -0.4 is 0 Å². The highest BCUT2D eigenvalue weighted by molar-refractivity contribution is 6.34. The van der Waals surface area contributed by atoms with Gasteiger partial charge in [-0.15, -0.1) is 0 Å². The van der Waals surface area contributed by atoms with Gasteiger partial charge in [-0.2, -0.15) is 0 Å². The summed E-state index contributed by atoms with van der Waals surface area (Å²) in [4.78, 5) is 2.44. The summed E-state index contributed by atoms with van der Waals surface area (Å²) in [6.45, 7) is 2.96. The molecular formula is C16H21Cl2NO. The van der Waals surface area contributed by atoms with E-state index in [0.29, 0.717) is 10.0 Å². The lowest BCUT2D eigenvalue weighted by Gasteiger charge is -2.42. The van der Waals surface area contributed by atoms with Crippen molar-refractivity contribution in [1.82, 2.24) is 4.90 Å². The van der Waals surface area contributed by atoms with Gasteiger partial charge in [-0.25, -0.2) is 0 Å². The van der Waals surface area contributed by atoms with Crippen molar-refractivity contribution >= 4 is 23.2 Å². The van der Waals surface area contributed by atoms with Crippen molar-refractivity contribution in [2.45, 2.75) is 44.8 Å². The van der Waals surface area contributed by atoms with Gasteiger partial charge in [0.25, 0.3) is 0 Å². The molecule has 1 saturated heterocycles. The van der Waals surface area contributed by atoms with Gasteiger partial charge in [0.2, 0.25) is 0 Å². The molecule has 2 aliphatic rings. The zero-order valence-electron chi connectivity index (χ0n) is 11.6. The minimum atomic E-state index is -0.117. The van der Waals surface area contributed by atoms with Gasteiger partial charge in [0.1, 0.15) is 0 Å². The molecule has 2 fully saturated rings. The summed E-state index contributed by atoms with van der Waals surface area (Å²) in [7, 11) is 0. The summed E-state index contributed by atoms with van der Waals surface area (Å²) in [5.74, 6) is 0. The fraction of sp³-hybridized carbons (Fsp3) is 0.625. The van der Waals surface area contributed by atoms with Gasteiger partial charge in [0.05, 0.1) is 6.10 Å². The number of piperidine rings is 1. The van der Waals surface area contributed by atoms with Crippen LogP contribution in [-0.2, 0) is 6.54 Å². The number of aliphatic hydroxyl groups is 1. The number of aliphatic hydroxyl groups excluding tert-OH is 1. The average molecular weight is 314 g/mol. The Kier molecular flexibility index (Phi) is 4.28. The molecule has 0 unspecified atom stereocenters. The molecular weight excluding hydrogens is 293 g/mol. The molecule has 2 atom stereocenters. The second-order valence-electron chi connectivity index (χ2n) is 6.36. The third-order valence-electron chi connectivity index (χ3n) is 4.88. The third-order valence-corrected chi connectivity index (χ3v) is 5.31. The zero-order chi connectivity index (χ0) is 14.2. The fourth-order valence-electron chi connectivity index (χ4n) is 3.95. The van der Waals surface area contributed by atoms with E-state index >= 15 is 0 Å². The second-order valence-corrected chi connectivity index (χ2v) is 7.24. The van der Waals surface area contributed by atoms with Crippen LogP contribution >= 0.6 is 23.2 Å². The van der Waals surface area contributed by atoms with Gasteiger partial charge in [0, 0.05) is 28.5 Å². The number of hydrogen-bond donors (Lipinski definition) is 1. The third kappa shape index (κ3) is 2.99. The number of benzene rings is 1. The van der Waals surface area contributed by atoms with E-state index in [1.54, 1.807) is 6.07 Å². The van der Waals surface area contributed by atoms with E-state index in [1.165, 1.54) is 19.3 Å². The van der Waals surface area contributed by atoms with Gasteiger partial charge in [-0.05, 0) is 56.0 Å². The lowest BCUT2D eigenvalue weighted by atomic mass is 9.76. The summed E-state index contributed by atoms with van der Waals surface area (Å²) < 4.78 is 0. The number of likely N-dealkylation sites (tertiary alicyclic amines) is 1. The molecule has 4 heteroatoms. The summed E-state index contributed by atoms with van der Waals surface area (Å²) in [5.41, 5.74) is 1.30. The Hall–Kier alpha value is -0.280. The van der Waals surface area contributed by atoms with Crippen LogP contribution in [0.1, 0.15) is 37.7 Å². The highest BCUT2D eigenvalue weighted by Gasteiger charge is 2.44.